The van der Waals surface area contributed by atoms with Crippen molar-refractivity contribution in [1.29, 1.82) is 0 Å². The monoisotopic (exact) mass is 294 g/mol. The van der Waals surface area contributed by atoms with Crippen molar-refractivity contribution >= 4 is 15.9 Å². The maximum atomic E-state index is 11.3. The van der Waals surface area contributed by atoms with Crippen LogP contribution in [0, 0.1) is 0 Å². The van der Waals surface area contributed by atoms with E-state index in [1.165, 1.54) is 6.26 Å². The Kier molecular flexibility index (Phi) is 8.01. The van der Waals surface area contributed by atoms with Crippen molar-refractivity contribution in [2.45, 2.75) is 39.2 Å². The van der Waals surface area contributed by atoms with Gasteiger partial charge in [0.2, 0.25) is 0 Å². The number of ether oxygens (including phenoxy) is 1. The number of hydrogen-bond donors (Lipinski definition) is 2. The smallest absolute Gasteiger partial charge is 0.407 e. The highest BCUT2D eigenvalue weighted by Gasteiger charge is 2.15. The molecule has 0 spiro atoms. The SMILES string of the molecule is CC(C)(C)OC(=O)NCCCNCCCS(C)(=O)=O. The van der Waals surface area contributed by atoms with Crippen molar-refractivity contribution in [3.8, 4) is 0 Å². The summed E-state index contributed by atoms with van der Waals surface area (Å²) < 4.78 is 26.8. The van der Waals surface area contributed by atoms with E-state index in [1.807, 2.05) is 20.8 Å². The van der Waals surface area contributed by atoms with E-state index in [1.54, 1.807) is 0 Å². The highest BCUT2D eigenvalue weighted by atomic mass is 32.2. The minimum Gasteiger partial charge on any atom is -0.444 e. The van der Waals surface area contributed by atoms with Gasteiger partial charge in [-0.25, -0.2) is 13.2 Å². The van der Waals surface area contributed by atoms with Crippen LogP contribution in [0.15, 0.2) is 0 Å². The number of alkyl carbamates (subject to hydrolysis) is 1. The summed E-state index contributed by atoms with van der Waals surface area (Å²) in [6.45, 7) is 7.38. The number of carbonyl (C=O) groups excluding carboxylic acids is 1. The van der Waals surface area contributed by atoms with Gasteiger partial charge in [-0.1, -0.05) is 0 Å². The molecule has 0 rings (SSSR count). The minimum atomic E-state index is -2.86. The van der Waals surface area contributed by atoms with Crippen molar-refractivity contribution in [1.82, 2.24) is 10.6 Å². The third-order valence-electron chi connectivity index (χ3n) is 2.07. The molecule has 0 saturated heterocycles. The lowest BCUT2D eigenvalue weighted by Gasteiger charge is -2.19. The maximum absolute atomic E-state index is 11.3. The highest BCUT2D eigenvalue weighted by Crippen LogP contribution is 2.06. The molecule has 0 aromatic rings. The average Bonchev–Trinajstić information content (AvgIpc) is 2.17. The van der Waals surface area contributed by atoms with Gasteiger partial charge in [-0.05, 0) is 46.7 Å². The first-order chi connectivity index (χ1) is 8.60. The molecule has 0 saturated carbocycles. The first kappa shape index (κ1) is 18.2. The zero-order valence-electron chi connectivity index (χ0n) is 12.3. The second kappa shape index (κ2) is 8.37. The van der Waals surface area contributed by atoms with E-state index < -0.39 is 21.5 Å². The largest absolute Gasteiger partial charge is 0.444 e. The summed E-state index contributed by atoms with van der Waals surface area (Å²) in [5, 5.41) is 5.78. The van der Waals surface area contributed by atoms with Crippen molar-refractivity contribution in [2.75, 3.05) is 31.6 Å². The maximum Gasteiger partial charge on any atom is 0.407 e. The molecule has 0 unspecified atom stereocenters. The Balaban J connectivity index is 3.39. The summed E-state index contributed by atoms with van der Waals surface area (Å²) in [6, 6.07) is 0. The van der Waals surface area contributed by atoms with Gasteiger partial charge in [0.25, 0.3) is 0 Å². The lowest BCUT2D eigenvalue weighted by Crippen LogP contribution is -2.34. The van der Waals surface area contributed by atoms with Gasteiger partial charge >= 0.3 is 6.09 Å². The molecule has 0 aliphatic heterocycles. The number of nitrogens with one attached hydrogen (secondary N) is 2. The molecule has 19 heavy (non-hydrogen) atoms. The molecule has 0 atom stereocenters. The molecule has 0 aliphatic carbocycles. The molecule has 7 heteroatoms. The number of carbonyl (C=O) groups is 1. The summed E-state index contributed by atoms with van der Waals surface area (Å²) in [5.74, 6) is 0.205. The van der Waals surface area contributed by atoms with Gasteiger partial charge in [0.05, 0.1) is 5.75 Å². The topological polar surface area (TPSA) is 84.5 Å². The first-order valence-corrected chi connectivity index (χ1v) is 8.51. The lowest BCUT2D eigenvalue weighted by atomic mass is 10.2. The van der Waals surface area contributed by atoms with Gasteiger partial charge < -0.3 is 15.4 Å². The van der Waals surface area contributed by atoms with E-state index in [-0.39, 0.29) is 5.75 Å². The van der Waals surface area contributed by atoms with E-state index >= 15 is 0 Å². The fourth-order valence-electron chi connectivity index (χ4n) is 1.30. The summed E-state index contributed by atoms with van der Waals surface area (Å²) in [6.07, 6.45) is 2.21. The highest BCUT2D eigenvalue weighted by molar-refractivity contribution is 7.90. The molecule has 0 bridgehead atoms. The fraction of sp³-hybridized carbons (Fsp3) is 0.917. The molecule has 0 aliphatic rings. The Morgan fingerprint density at radius 2 is 1.68 bits per heavy atom. The molecule has 0 heterocycles. The average molecular weight is 294 g/mol. The molecule has 2 N–H and O–H groups in total. The van der Waals surface area contributed by atoms with Gasteiger partial charge in [-0.15, -0.1) is 0 Å². The van der Waals surface area contributed by atoms with Crippen molar-refractivity contribution in [3.05, 3.63) is 0 Å². The summed E-state index contributed by atoms with van der Waals surface area (Å²) in [4.78, 5) is 11.3. The Morgan fingerprint density at radius 1 is 1.11 bits per heavy atom. The molecule has 0 fully saturated rings. The van der Waals surface area contributed by atoms with Gasteiger partial charge in [-0.3, -0.25) is 0 Å². The van der Waals surface area contributed by atoms with Crippen LogP contribution < -0.4 is 10.6 Å². The Labute approximate surface area is 116 Å². The van der Waals surface area contributed by atoms with Crippen LogP contribution in [-0.4, -0.2) is 51.8 Å². The fourth-order valence-corrected chi connectivity index (χ4v) is 1.97. The summed E-state index contributed by atoms with van der Waals surface area (Å²) in [7, 11) is -2.86. The Bertz CT molecular complexity index is 360. The molecule has 0 radical (unpaired) electrons. The van der Waals surface area contributed by atoms with E-state index in [0.717, 1.165) is 13.0 Å². The predicted octanol–water partition coefficient (Wildman–Crippen LogP) is 0.926. The lowest BCUT2D eigenvalue weighted by molar-refractivity contribution is 0.0527. The minimum absolute atomic E-state index is 0.205. The first-order valence-electron chi connectivity index (χ1n) is 6.45. The van der Waals surface area contributed by atoms with E-state index in [4.69, 9.17) is 4.74 Å². The Morgan fingerprint density at radius 3 is 2.21 bits per heavy atom. The van der Waals surface area contributed by atoms with Crippen LogP contribution in [0.2, 0.25) is 0 Å². The van der Waals surface area contributed by atoms with Crippen molar-refractivity contribution in [2.24, 2.45) is 0 Å². The number of rotatable bonds is 8. The normalized spacial score (nSPS) is 12.2. The van der Waals surface area contributed by atoms with Crippen LogP contribution in [0.5, 0.6) is 0 Å². The molecular formula is C12H26N2O4S. The summed E-state index contributed by atoms with van der Waals surface area (Å²) in [5.41, 5.74) is -0.478. The van der Waals surface area contributed by atoms with E-state index in [2.05, 4.69) is 10.6 Å². The molecule has 0 aromatic heterocycles. The molecular weight excluding hydrogens is 268 g/mol. The van der Waals surface area contributed by atoms with Gasteiger partial charge in [0, 0.05) is 12.8 Å². The van der Waals surface area contributed by atoms with Crippen LogP contribution >= 0.6 is 0 Å². The van der Waals surface area contributed by atoms with Gasteiger partial charge in [-0.2, -0.15) is 0 Å². The van der Waals surface area contributed by atoms with Crippen LogP contribution in [0.4, 0.5) is 4.79 Å². The number of hydrogen-bond acceptors (Lipinski definition) is 5. The van der Waals surface area contributed by atoms with Crippen LogP contribution in [0.25, 0.3) is 0 Å². The third-order valence-corrected chi connectivity index (χ3v) is 3.10. The second-order valence-corrected chi connectivity index (χ2v) is 7.78. The third kappa shape index (κ3) is 15.1. The molecule has 1 amide bonds. The zero-order valence-corrected chi connectivity index (χ0v) is 13.1. The van der Waals surface area contributed by atoms with Crippen molar-refractivity contribution < 1.29 is 17.9 Å². The molecule has 114 valence electrons. The van der Waals surface area contributed by atoms with E-state index in [9.17, 15) is 13.2 Å². The van der Waals surface area contributed by atoms with Crippen molar-refractivity contribution in [3.63, 3.8) is 0 Å². The summed E-state index contributed by atoms with van der Waals surface area (Å²) >= 11 is 0. The van der Waals surface area contributed by atoms with Crippen LogP contribution in [-0.2, 0) is 14.6 Å². The number of amides is 1. The van der Waals surface area contributed by atoms with Gasteiger partial charge in [0.15, 0.2) is 0 Å². The van der Waals surface area contributed by atoms with Crippen LogP contribution in [0.1, 0.15) is 33.6 Å². The molecule has 6 nitrogen and oxygen atoms in total. The Hall–Kier alpha value is -0.820. The number of sulfone groups is 1. The molecule has 0 aromatic carbocycles. The second-order valence-electron chi connectivity index (χ2n) is 5.52. The van der Waals surface area contributed by atoms with E-state index in [0.29, 0.717) is 19.5 Å². The zero-order chi connectivity index (χ0) is 14.9. The quantitative estimate of drug-likeness (QED) is 0.650. The predicted molar refractivity (Wildman–Crippen MR) is 76.1 cm³/mol. The standard InChI is InChI=1S/C12H26N2O4S/c1-12(2,3)18-11(15)14-9-5-7-13-8-6-10-19(4,16)17/h13H,5-10H2,1-4H3,(H,14,15). The van der Waals surface area contributed by atoms with Gasteiger partial charge in [0.1, 0.15) is 15.4 Å². The van der Waals surface area contributed by atoms with Crippen LogP contribution in [0.3, 0.4) is 0 Å².